The topological polar surface area (TPSA) is 78.9 Å². The number of rotatable bonds is 4. The normalized spacial score (nSPS) is 19.0. The molecule has 2 N–H and O–H groups in total. The van der Waals surface area contributed by atoms with Gasteiger partial charge < -0.3 is 15.2 Å². The van der Waals surface area contributed by atoms with Crippen molar-refractivity contribution in [1.82, 2.24) is 4.90 Å². The average molecular weight is 368 g/mol. The number of ether oxygens (including phenoxy) is 1. The van der Waals surface area contributed by atoms with Crippen molar-refractivity contribution in [2.24, 2.45) is 0 Å². The number of carbonyl (C=O) groups is 2. The van der Waals surface area contributed by atoms with Gasteiger partial charge in [-0.15, -0.1) is 0 Å². The summed E-state index contributed by atoms with van der Waals surface area (Å²) in [6.45, 7) is 4.11. The Morgan fingerprint density at radius 2 is 1.89 bits per heavy atom. The molecule has 1 aliphatic heterocycles. The highest BCUT2D eigenvalue weighted by atomic mass is 16.6. The second-order valence-electron chi connectivity index (χ2n) is 6.83. The fourth-order valence-corrected chi connectivity index (χ4v) is 3.17. The highest BCUT2D eigenvalue weighted by Crippen LogP contribution is 2.23. The van der Waals surface area contributed by atoms with E-state index < -0.39 is 18.2 Å². The molecule has 2 aromatic carbocycles. The molecule has 2 aromatic rings. The highest BCUT2D eigenvalue weighted by Gasteiger charge is 2.40. The Morgan fingerprint density at radius 3 is 2.63 bits per heavy atom. The molecule has 3 rings (SSSR count). The number of aliphatic hydroxyl groups is 1. The summed E-state index contributed by atoms with van der Waals surface area (Å²) in [6, 6.07) is 14.2. The molecule has 6 heteroatoms. The molecule has 0 unspecified atom stereocenters. The van der Waals surface area contributed by atoms with Gasteiger partial charge in [-0.2, -0.15) is 0 Å². The van der Waals surface area contributed by atoms with Gasteiger partial charge >= 0.3 is 6.09 Å². The van der Waals surface area contributed by atoms with Gasteiger partial charge in [0.25, 0.3) is 0 Å². The van der Waals surface area contributed by atoms with E-state index in [2.05, 4.69) is 5.32 Å². The molecule has 1 heterocycles. The molecular weight excluding hydrogens is 344 g/mol. The third-order valence-corrected chi connectivity index (χ3v) is 4.88. The molecule has 0 bridgehead atoms. The van der Waals surface area contributed by atoms with Gasteiger partial charge in [-0.05, 0) is 36.6 Å². The molecule has 1 fully saturated rings. The van der Waals surface area contributed by atoms with Crippen LogP contribution in [0.5, 0.6) is 0 Å². The van der Waals surface area contributed by atoms with Crippen molar-refractivity contribution in [2.75, 3.05) is 11.9 Å². The summed E-state index contributed by atoms with van der Waals surface area (Å²) in [6.07, 6.45) is -1.16. The number of likely N-dealkylation sites (tertiary alicyclic amines) is 1. The van der Waals surface area contributed by atoms with Crippen molar-refractivity contribution in [3.8, 4) is 0 Å². The Labute approximate surface area is 158 Å². The lowest BCUT2D eigenvalue weighted by Gasteiger charge is -2.23. The first kappa shape index (κ1) is 18.9. The van der Waals surface area contributed by atoms with E-state index in [1.807, 2.05) is 62.4 Å². The Hall–Kier alpha value is -2.86. The summed E-state index contributed by atoms with van der Waals surface area (Å²) >= 11 is 0. The van der Waals surface area contributed by atoms with E-state index in [-0.39, 0.29) is 25.5 Å². The molecule has 0 aliphatic carbocycles. The largest absolute Gasteiger partial charge is 0.445 e. The average Bonchev–Trinajstić information content (AvgIpc) is 3.06. The lowest BCUT2D eigenvalue weighted by molar-refractivity contribution is -0.120. The first-order valence-corrected chi connectivity index (χ1v) is 8.98. The van der Waals surface area contributed by atoms with Crippen molar-refractivity contribution in [1.29, 1.82) is 0 Å². The molecule has 6 nitrogen and oxygen atoms in total. The third kappa shape index (κ3) is 4.46. The quantitative estimate of drug-likeness (QED) is 0.870. The summed E-state index contributed by atoms with van der Waals surface area (Å²) in [5.41, 5.74) is 3.61. The van der Waals surface area contributed by atoms with Crippen LogP contribution in [0.4, 0.5) is 10.5 Å². The van der Waals surface area contributed by atoms with Crippen LogP contribution in [0, 0.1) is 13.8 Å². The van der Waals surface area contributed by atoms with Gasteiger partial charge in [-0.1, -0.05) is 42.5 Å². The summed E-state index contributed by atoms with van der Waals surface area (Å²) < 4.78 is 5.33. The van der Waals surface area contributed by atoms with Crippen LogP contribution >= 0.6 is 0 Å². The second kappa shape index (κ2) is 8.22. The fraction of sp³-hybridized carbons (Fsp3) is 0.333. The summed E-state index contributed by atoms with van der Waals surface area (Å²) in [7, 11) is 0. The maximum atomic E-state index is 12.7. The first-order valence-electron chi connectivity index (χ1n) is 8.98. The lowest BCUT2D eigenvalue weighted by Crippen LogP contribution is -2.43. The number of carbonyl (C=O) groups excluding carboxylic acids is 2. The molecule has 142 valence electrons. The van der Waals surface area contributed by atoms with E-state index in [1.54, 1.807) is 0 Å². The minimum Gasteiger partial charge on any atom is -0.445 e. The Balaban J connectivity index is 1.66. The number of anilines is 1. The zero-order valence-corrected chi connectivity index (χ0v) is 15.5. The van der Waals surface area contributed by atoms with Gasteiger partial charge in [0.15, 0.2) is 0 Å². The molecule has 0 radical (unpaired) electrons. The van der Waals surface area contributed by atoms with Gasteiger partial charge in [0.05, 0.1) is 12.6 Å². The SMILES string of the molecule is Cc1cccc(NC(=O)[C@@H]2C[C@H](O)CN2C(=O)OCc2ccccc2)c1C. The number of amides is 2. The Kier molecular flexibility index (Phi) is 5.76. The van der Waals surface area contributed by atoms with Crippen LogP contribution in [0.25, 0.3) is 0 Å². The first-order chi connectivity index (χ1) is 13.0. The maximum absolute atomic E-state index is 12.7. The lowest BCUT2D eigenvalue weighted by atomic mass is 10.1. The second-order valence-corrected chi connectivity index (χ2v) is 6.83. The van der Waals surface area contributed by atoms with E-state index >= 15 is 0 Å². The summed E-state index contributed by atoms with van der Waals surface area (Å²) in [5, 5.41) is 12.9. The number of hydrogen-bond acceptors (Lipinski definition) is 4. The molecule has 0 saturated carbocycles. The fourth-order valence-electron chi connectivity index (χ4n) is 3.17. The molecular formula is C21H24N2O4. The van der Waals surface area contributed by atoms with E-state index in [0.717, 1.165) is 16.7 Å². The number of β-amino-alcohol motifs (C(OH)–C–C–N with tert-alkyl or cyclic N) is 1. The van der Waals surface area contributed by atoms with Crippen molar-refractivity contribution in [2.45, 2.75) is 39.0 Å². The number of hydrogen-bond donors (Lipinski definition) is 2. The van der Waals surface area contributed by atoms with Crippen LogP contribution in [-0.4, -0.2) is 40.7 Å². The zero-order chi connectivity index (χ0) is 19.4. The molecule has 2 atom stereocenters. The maximum Gasteiger partial charge on any atom is 0.410 e. The van der Waals surface area contributed by atoms with Crippen LogP contribution in [0.15, 0.2) is 48.5 Å². The van der Waals surface area contributed by atoms with Crippen LogP contribution in [0.2, 0.25) is 0 Å². The van der Waals surface area contributed by atoms with E-state index in [1.165, 1.54) is 4.90 Å². The van der Waals surface area contributed by atoms with Crippen LogP contribution < -0.4 is 5.32 Å². The van der Waals surface area contributed by atoms with Gasteiger partial charge in [0.1, 0.15) is 12.6 Å². The Morgan fingerprint density at radius 1 is 1.15 bits per heavy atom. The van der Waals surface area contributed by atoms with Gasteiger partial charge in [-0.25, -0.2) is 4.79 Å². The molecule has 0 aromatic heterocycles. The number of benzene rings is 2. The summed E-state index contributed by atoms with van der Waals surface area (Å²) in [5.74, 6) is -0.322. The van der Waals surface area contributed by atoms with E-state index in [4.69, 9.17) is 4.74 Å². The number of aliphatic hydroxyl groups excluding tert-OH is 1. The number of nitrogens with one attached hydrogen (secondary N) is 1. The monoisotopic (exact) mass is 368 g/mol. The predicted molar refractivity (Wildman–Crippen MR) is 102 cm³/mol. The van der Waals surface area contributed by atoms with E-state index in [0.29, 0.717) is 5.69 Å². The standard InChI is InChI=1S/C21H24N2O4/c1-14-7-6-10-18(15(14)2)22-20(25)19-11-17(24)12-23(19)21(26)27-13-16-8-4-3-5-9-16/h3-10,17,19,24H,11-13H2,1-2H3,(H,22,25)/t17-,19-/m0/s1. The van der Waals surface area contributed by atoms with Crippen LogP contribution in [0.3, 0.4) is 0 Å². The summed E-state index contributed by atoms with van der Waals surface area (Å²) in [4.78, 5) is 26.5. The highest BCUT2D eigenvalue weighted by molar-refractivity contribution is 5.97. The van der Waals surface area contributed by atoms with Crippen LogP contribution in [0.1, 0.15) is 23.1 Å². The molecule has 1 saturated heterocycles. The molecule has 1 aliphatic rings. The van der Waals surface area contributed by atoms with Crippen molar-refractivity contribution in [3.05, 3.63) is 65.2 Å². The van der Waals surface area contributed by atoms with Crippen LogP contribution in [-0.2, 0) is 16.1 Å². The van der Waals surface area contributed by atoms with Gasteiger partial charge in [0, 0.05) is 12.1 Å². The minimum atomic E-state index is -0.761. The van der Waals surface area contributed by atoms with Gasteiger partial charge in [0.2, 0.25) is 5.91 Å². The van der Waals surface area contributed by atoms with Crippen molar-refractivity contribution in [3.63, 3.8) is 0 Å². The minimum absolute atomic E-state index is 0.0819. The predicted octanol–water partition coefficient (Wildman–Crippen LogP) is 3.01. The number of aryl methyl sites for hydroxylation is 1. The Bertz CT molecular complexity index is 822. The zero-order valence-electron chi connectivity index (χ0n) is 15.5. The molecule has 27 heavy (non-hydrogen) atoms. The smallest absolute Gasteiger partial charge is 0.410 e. The van der Waals surface area contributed by atoms with E-state index in [9.17, 15) is 14.7 Å². The number of nitrogens with zero attached hydrogens (tertiary/aromatic N) is 1. The third-order valence-electron chi connectivity index (χ3n) is 4.88. The van der Waals surface area contributed by atoms with Gasteiger partial charge in [-0.3, -0.25) is 9.69 Å². The molecule has 2 amide bonds. The van der Waals surface area contributed by atoms with Crippen molar-refractivity contribution >= 4 is 17.7 Å². The van der Waals surface area contributed by atoms with Crippen molar-refractivity contribution < 1.29 is 19.4 Å². The molecule has 0 spiro atoms.